The summed E-state index contributed by atoms with van der Waals surface area (Å²) in [6.45, 7) is 1.98. The van der Waals surface area contributed by atoms with Crippen LogP contribution in [-0.2, 0) is 19.1 Å². The average Bonchev–Trinajstić information content (AvgIpc) is 2.48. The van der Waals surface area contributed by atoms with Gasteiger partial charge in [0.2, 0.25) is 0 Å². The third kappa shape index (κ3) is 4.01. The number of carbonyl (C=O) groups excluding carboxylic acids is 2. The molecule has 0 N–H and O–H groups in total. The molecule has 0 bridgehead atoms. The molecule has 6 nitrogen and oxygen atoms in total. The molecule has 130 valence electrons. The quantitative estimate of drug-likeness (QED) is 0.465. The maximum atomic E-state index is 12.4. The fraction of sp³-hybridized carbons (Fsp3) is 0.375. The van der Waals surface area contributed by atoms with Crippen molar-refractivity contribution in [2.45, 2.75) is 26.1 Å². The van der Waals surface area contributed by atoms with Crippen molar-refractivity contribution >= 4 is 18.0 Å². The number of hydrogen-bond donors (Lipinski definition) is 0. The minimum absolute atomic E-state index is 0.0155. The lowest BCUT2D eigenvalue weighted by Crippen LogP contribution is -2.41. The molecule has 0 aromatic heterocycles. The first-order chi connectivity index (χ1) is 11.2. The van der Waals surface area contributed by atoms with Crippen LogP contribution in [0.4, 0.5) is 8.78 Å². The van der Waals surface area contributed by atoms with Crippen molar-refractivity contribution < 1.29 is 37.3 Å². The van der Waals surface area contributed by atoms with E-state index in [0.717, 1.165) is 6.08 Å². The lowest BCUT2D eigenvalue weighted by Gasteiger charge is -2.29. The van der Waals surface area contributed by atoms with Crippen molar-refractivity contribution in [3.05, 3.63) is 29.3 Å². The van der Waals surface area contributed by atoms with Gasteiger partial charge in [-0.05, 0) is 12.1 Å². The van der Waals surface area contributed by atoms with E-state index in [0.29, 0.717) is 0 Å². The van der Waals surface area contributed by atoms with Crippen molar-refractivity contribution in [1.29, 1.82) is 0 Å². The van der Waals surface area contributed by atoms with Gasteiger partial charge in [-0.15, -0.1) is 0 Å². The number of halogens is 2. The Balaban J connectivity index is 2.41. The van der Waals surface area contributed by atoms with Gasteiger partial charge in [0.15, 0.2) is 11.5 Å². The summed E-state index contributed by atoms with van der Waals surface area (Å²) in [7, 11) is 1.34. The Bertz CT molecular complexity index is 659. The zero-order chi connectivity index (χ0) is 17.9. The first-order valence-corrected chi connectivity index (χ1v) is 7.00. The van der Waals surface area contributed by atoms with E-state index in [1.54, 1.807) is 6.07 Å². The first-order valence-electron chi connectivity index (χ1n) is 7.00. The van der Waals surface area contributed by atoms with E-state index in [-0.39, 0.29) is 22.6 Å². The van der Waals surface area contributed by atoms with Crippen LogP contribution in [0.1, 0.15) is 19.4 Å². The van der Waals surface area contributed by atoms with Crippen molar-refractivity contribution in [3.8, 4) is 11.5 Å². The molecule has 8 heteroatoms. The van der Waals surface area contributed by atoms with Crippen molar-refractivity contribution in [1.82, 2.24) is 0 Å². The van der Waals surface area contributed by atoms with Crippen molar-refractivity contribution in [2.24, 2.45) is 0 Å². The third-order valence-corrected chi connectivity index (χ3v) is 3.00. The second-order valence-corrected chi connectivity index (χ2v) is 5.32. The van der Waals surface area contributed by atoms with Crippen LogP contribution in [0.5, 0.6) is 11.5 Å². The molecule has 0 amide bonds. The van der Waals surface area contributed by atoms with Crippen LogP contribution < -0.4 is 9.47 Å². The maximum Gasteiger partial charge on any atom is 0.348 e. The molecule has 1 aromatic rings. The van der Waals surface area contributed by atoms with Gasteiger partial charge < -0.3 is 18.9 Å². The highest BCUT2D eigenvalue weighted by Crippen LogP contribution is 2.34. The molecule has 1 aromatic carbocycles. The molecule has 0 unspecified atom stereocenters. The minimum Gasteiger partial charge on any atom is -0.493 e. The highest BCUT2D eigenvalue weighted by molar-refractivity contribution is 6.19. The van der Waals surface area contributed by atoms with Gasteiger partial charge in [-0.1, -0.05) is 12.1 Å². The van der Waals surface area contributed by atoms with E-state index in [1.165, 1.54) is 33.1 Å². The van der Waals surface area contributed by atoms with Gasteiger partial charge in [0.1, 0.15) is 12.2 Å². The zero-order valence-electron chi connectivity index (χ0n) is 13.3. The predicted molar refractivity (Wildman–Crippen MR) is 78.7 cm³/mol. The smallest absolute Gasteiger partial charge is 0.348 e. The van der Waals surface area contributed by atoms with Gasteiger partial charge in [0, 0.05) is 19.4 Å². The van der Waals surface area contributed by atoms with Crippen molar-refractivity contribution in [3.63, 3.8) is 0 Å². The summed E-state index contributed by atoms with van der Waals surface area (Å²) in [5.41, 5.74) is -0.164. The average molecular weight is 342 g/mol. The minimum atomic E-state index is -2.69. The SMILES string of the molecule is COc1cccc(C=C2C(=O)OC(C)(C)OC2=O)c1OCC(F)F. The topological polar surface area (TPSA) is 71.1 Å². The largest absolute Gasteiger partial charge is 0.493 e. The molecule has 0 radical (unpaired) electrons. The highest BCUT2D eigenvalue weighted by atomic mass is 19.3. The Hall–Kier alpha value is -2.64. The highest BCUT2D eigenvalue weighted by Gasteiger charge is 2.39. The van der Waals surface area contributed by atoms with E-state index in [4.69, 9.17) is 18.9 Å². The fourth-order valence-electron chi connectivity index (χ4n) is 2.04. The van der Waals surface area contributed by atoms with Crippen LogP contribution in [0.2, 0.25) is 0 Å². The molecule has 1 heterocycles. The van der Waals surface area contributed by atoms with Crippen LogP contribution in [0.15, 0.2) is 23.8 Å². The molecule has 2 rings (SSSR count). The number of cyclic esters (lactones) is 2. The summed E-state index contributed by atoms with van der Waals surface area (Å²) in [6, 6.07) is 4.55. The molecule has 1 fully saturated rings. The number of carbonyl (C=O) groups is 2. The Labute approximate surface area is 136 Å². The monoisotopic (exact) mass is 342 g/mol. The molecular formula is C16H16F2O6. The lowest BCUT2D eigenvalue weighted by molar-refractivity contribution is -0.222. The van der Waals surface area contributed by atoms with Gasteiger partial charge in [-0.2, -0.15) is 0 Å². The maximum absolute atomic E-state index is 12.4. The molecule has 24 heavy (non-hydrogen) atoms. The zero-order valence-corrected chi connectivity index (χ0v) is 13.3. The summed E-state index contributed by atoms with van der Waals surface area (Å²) >= 11 is 0. The number of para-hydroxylation sites is 1. The Morgan fingerprint density at radius 2 is 1.83 bits per heavy atom. The second kappa shape index (κ2) is 6.86. The van der Waals surface area contributed by atoms with Crippen LogP contribution in [0.25, 0.3) is 6.08 Å². The molecular weight excluding hydrogens is 326 g/mol. The van der Waals surface area contributed by atoms with Gasteiger partial charge in [0.25, 0.3) is 12.2 Å². The number of esters is 2. The van der Waals surface area contributed by atoms with E-state index in [9.17, 15) is 18.4 Å². The lowest BCUT2D eigenvalue weighted by atomic mass is 10.1. The first kappa shape index (κ1) is 17.7. The molecule has 0 atom stereocenters. The van der Waals surface area contributed by atoms with Crippen molar-refractivity contribution in [2.75, 3.05) is 13.7 Å². The molecule has 0 spiro atoms. The third-order valence-electron chi connectivity index (χ3n) is 3.00. The van der Waals surface area contributed by atoms with E-state index in [1.807, 2.05) is 0 Å². The van der Waals surface area contributed by atoms with Crippen LogP contribution in [0.3, 0.4) is 0 Å². The summed E-state index contributed by atoms with van der Waals surface area (Å²) in [4.78, 5) is 23.9. The van der Waals surface area contributed by atoms with Crippen LogP contribution in [0, 0.1) is 0 Å². The predicted octanol–water partition coefficient (Wildman–Crippen LogP) is 2.56. The Kier molecular flexibility index (Phi) is 5.06. The van der Waals surface area contributed by atoms with E-state index < -0.39 is 30.8 Å². The van der Waals surface area contributed by atoms with E-state index in [2.05, 4.69) is 0 Å². The summed E-state index contributed by atoms with van der Waals surface area (Å²) < 4.78 is 44.9. The van der Waals surface area contributed by atoms with Crippen LogP contribution in [-0.4, -0.2) is 37.9 Å². The Morgan fingerprint density at radius 3 is 2.38 bits per heavy atom. The summed E-state index contributed by atoms with van der Waals surface area (Å²) in [5, 5.41) is 0. The molecule has 1 aliphatic rings. The van der Waals surface area contributed by atoms with Gasteiger partial charge >= 0.3 is 11.9 Å². The number of ether oxygens (including phenoxy) is 4. The Morgan fingerprint density at radius 1 is 1.21 bits per heavy atom. The number of rotatable bonds is 5. The fourth-order valence-corrected chi connectivity index (χ4v) is 2.04. The second-order valence-electron chi connectivity index (χ2n) is 5.32. The molecule has 0 aliphatic carbocycles. The number of alkyl halides is 2. The standard InChI is InChI=1S/C16H16F2O6/c1-16(2)23-14(19)10(15(20)24-16)7-9-5-4-6-11(21-3)13(9)22-8-12(17)18/h4-7,12H,8H2,1-3H3. The normalized spacial score (nSPS) is 16.5. The van der Waals surface area contributed by atoms with Gasteiger partial charge in [-0.3, -0.25) is 0 Å². The van der Waals surface area contributed by atoms with E-state index >= 15 is 0 Å². The number of methoxy groups -OCH3 is 1. The number of benzene rings is 1. The molecule has 1 aliphatic heterocycles. The van der Waals surface area contributed by atoms with Crippen LogP contribution >= 0.6 is 0 Å². The van der Waals surface area contributed by atoms with Gasteiger partial charge in [0.05, 0.1) is 7.11 Å². The molecule has 0 saturated carbocycles. The summed E-state index contributed by atoms with van der Waals surface area (Å²) in [5.74, 6) is -2.95. The molecule has 1 saturated heterocycles. The van der Waals surface area contributed by atoms with Gasteiger partial charge in [-0.25, -0.2) is 18.4 Å². The number of hydrogen-bond acceptors (Lipinski definition) is 6. The summed E-state index contributed by atoms with van der Waals surface area (Å²) in [6.07, 6.45) is -1.54.